The van der Waals surface area contributed by atoms with E-state index in [9.17, 15) is 15.2 Å². The lowest BCUT2D eigenvalue weighted by Crippen LogP contribution is -2.38. The zero-order chi connectivity index (χ0) is 18.9. The van der Waals surface area contributed by atoms with Crippen molar-refractivity contribution in [2.75, 3.05) is 18.1 Å². The molecular formula is C19H24N4O3. The lowest BCUT2D eigenvalue weighted by Gasteiger charge is -2.31. The van der Waals surface area contributed by atoms with Gasteiger partial charge in [-0.15, -0.1) is 0 Å². The number of benzene rings is 2. The maximum Gasteiger partial charge on any atom is 0.269 e. The van der Waals surface area contributed by atoms with Crippen molar-refractivity contribution in [1.29, 1.82) is 0 Å². The molecular weight excluding hydrogens is 332 g/mol. The Morgan fingerprint density at radius 2 is 1.58 bits per heavy atom. The molecule has 1 N–H and O–H groups in total. The molecule has 0 saturated heterocycles. The van der Waals surface area contributed by atoms with Crippen LogP contribution in [0.3, 0.4) is 0 Å². The molecule has 2 rings (SSSR count). The van der Waals surface area contributed by atoms with Crippen LogP contribution in [0.15, 0.2) is 58.8 Å². The average molecular weight is 356 g/mol. The number of non-ortho nitro benzene ring substituents is 1. The van der Waals surface area contributed by atoms with Gasteiger partial charge in [-0.05, 0) is 49.2 Å². The second-order valence-corrected chi connectivity index (χ2v) is 5.93. The summed E-state index contributed by atoms with van der Waals surface area (Å²) in [5.74, 6) is 0. The van der Waals surface area contributed by atoms with Gasteiger partial charge in [-0.1, -0.05) is 13.8 Å². The molecule has 0 radical (unpaired) electrons. The maximum atomic E-state index is 10.6. The first-order valence-corrected chi connectivity index (χ1v) is 8.72. The largest absolute Gasteiger partial charge is 0.394 e. The molecule has 0 saturated carbocycles. The quantitative estimate of drug-likeness (QED) is 0.389. The van der Waals surface area contributed by atoms with Gasteiger partial charge in [0.25, 0.3) is 5.69 Å². The third-order valence-corrected chi connectivity index (χ3v) is 4.11. The Morgan fingerprint density at radius 1 is 1.04 bits per heavy atom. The third-order valence-electron chi connectivity index (χ3n) is 4.11. The SMILES string of the molecule is CCCN(c1ccc(N=Nc2ccc([N+](=O)[O-])cc2)cc1)C(CC)CO. The molecule has 1 atom stereocenters. The number of nitrogens with zero attached hydrogens (tertiary/aromatic N) is 4. The van der Waals surface area contributed by atoms with E-state index in [0.717, 1.165) is 25.1 Å². The first-order chi connectivity index (χ1) is 12.6. The Balaban J connectivity index is 2.11. The van der Waals surface area contributed by atoms with Crippen molar-refractivity contribution < 1.29 is 10.0 Å². The Bertz CT molecular complexity index is 725. The van der Waals surface area contributed by atoms with E-state index in [1.165, 1.54) is 12.1 Å². The Kier molecular flexibility index (Phi) is 7.23. The van der Waals surface area contributed by atoms with Crippen molar-refractivity contribution in [1.82, 2.24) is 0 Å². The van der Waals surface area contributed by atoms with Gasteiger partial charge in [0.15, 0.2) is 0 Å². The van der Waals surface area contributed by atoms with Gasteiger partial charge in [-0.25, -0.2) is 0 Å². The topological polar surface area (TPSA) is 91.3 Å². The molecule has 138 valence electrons. The molecule has 2 aromatic rings. The van der Waals surface area contributed by atoms with Gasteiger partial charge >= 0.3 is 0 Å². The summed E-state index contributed by atoms with van der Waals surface area (Å²) in [4.78, 5) is 12.4. The van der Waals surface area contributed by atoms with Crippen LogP contribution in [0.25, 0.3) is 0 Å². The molecule has 0 spiro atoms. The average Bonchev–Trinajstić information content (AvgIpc) is 2.67. The van der Waals surface area contributed by atoms with Gasteiger partial charge in [-0.2, -0.15) is 10.2 Å². The molecule has 7 nitrogen and oxygen atoms in total. The number of anilines is 1. The molecule has 0 aliphatic rings. The zero-order valence-electron chi connectivity index (χ0n) is 15.1. The smallest absolute Gasteiger partial charge is 0.269 e. The van der Waals surface area contributed by atoms with E-state index in [1.54, 1.807) is 12.1 Å². The lowest BCUT2D eigenvalue weighted by molar-refractivity contribution is -0.384. The van der Waals surface area contributed by atoms with Crippen molar-refractivity contribution in [2.45, 2.75) is 32.7 Å². The van der Waals surface area contributed by atoms with E-state index in [2.05, 4.69) is 29.0 Å². The molecule has 2 aromatic carbocycles. The molecule has 0 amide bonds. The summed E-state index contributed by atoms with van der Waals surface area (Å²) in [5, 5.41) is 28.5. The van der Waals surface area contributed by atoms with Crippen LogP contribution in [-0.4, -0.2) is 29.2 Å². The van der Waals surface area contributed by atoms with E-state index in [1.807, 2.05) is 24.3 Å². The summed E-state index contributed by atoms with van der Waals surface area (Å²) in [6.45, 7) is 5.18. The number of aliphatic hydroxyl groups excluding tert-OH is 1. The molecule has 1 unspecified atom stereocenters. The van der Waals surface area contributed by atoms with E-state index in [-0.39, 0.29) is 18.3 Å². The van der Waals surface area contributed by atoms with E-state index in [0.29, 0.717) is 11.4 Å². The number of nitro benzene ring substituents is 1. The second kappa shape index (κ2) is 9.62. The molecule has 0 aliphatic heterocycles. The fourth-order valence-electron chi connectivity index (χ4n) is 2.68. The van der Waals surface area contributed by atoms with Crippen molar-refractivity contribution in [3.63, 3.8) is 0 Å². The number of rotatable bonds is 9. The van der Waals surface area contributed by atoms with Gasteiger partial charge in [0.05, 0.1) is 28.9 Å². The van der Waals surface area contributed by atoms with Crippen molar-refractivity contribution in [3.05, 3.63) is 58.6 Å². The number of hydrogen-bond donors (Lipinski definition) is 1. The van der Waals surface area contributed by atoms with Crippen LogP contribution >= 0.6 is 0 Å². The maximum absolute atomic E-state index is 10.6. The van der Waals surface area contributed by atoms with E-state index in [4.69, 9.17) is 0 Å². The summed E-state index contributed by atoms with van der Waals surface area (Å²) < 4.78 is 0. The number of aliphatic hydroxyl groups is 1. The third kappa shape index (κ3) is 5.10. The highest BCUT2D eigenvalue weighted by molar-refractivity contribution is 5.53. The molecule has 0 aliphatic carbocycles. The molecule has 0 fully saturated rings. The molecule has 26 heavy (non-hydrogen) atoms. The molecule has 0 aromatic heterocycles. The molecule has 0 heterocycles. The summed E-state index contributed by atoms with van der Waals surface area (Å²) in [6, 6.07) is 13.7. The minimum atomic E-state index is -0.447. The van der Waals surface area contributed by atoms with Crippen LogP contribution in [-0.2, 0) is 0 Å². The van der Waals surface area contributed by atoms with E-state index < -0.39 is 4.92 Å². The monoisotopic (exact) mass is 356 g/mol. The van der Waals surface area contributed by atoms with Crippen LogP contribution in [0.5, 0.6) is 0 Å². The van der Waals surface area contributed by atoms with Gasteiger partial charge in [0.2, 0.25) is 0 Å². The van der Waals surface area contributed by atoms with Crippen LogP contribution < -0.4 is 4.90 Å². The summed E-state index contributed by atoms with van der Waals surface area (Å²) in [7, 11) is 0. The number of nitro groups is 1. The fourth-order valence-corrected chi connectivity index (χ4v) is 2.68. The molecule has 7 heteroatoms. The normalized spacial score (nSPS) is 12.3. The second-order valence-electron chi connectivity index (χ2n) is 5.93. The van der Waals surface area contributed by atoms with Gasteiger partial charge in [0, 0.05) is 24.4 Å². The Hall–Kier alpha value is -2.80. The highest BCUT2D eigenvalue weighted by Crippen LogP contribution is 2.25. The van der Waals surface area contributed by atoms with Crippen LogP contribution in [0.2, 0.25) is 0 Å². The first-order valence-electron chi connectivity index (χ1n) is 8.72. The van der Waals surface area contributed by atoms with Crippen LogP contribution in [0, 0.1) is 10.1 Å². The van der Waals surface area contributed by atoms with Crippen molar-refractivity contribution in [2.24, 2.45) is 10.2 Å². The zero-order valence-corrected chi connectivity index (χ0v) is 15.1. The Morgan fingerprint density at radius 3 is 2.00 bits per heavy atom. The predicted octanol–water partition coefficient (Wildman–Crippen LogP) is 5.00. The lowest BCUT2D eigenvalue weighted by atomic mass is 10.1. The molecule has 0 bridgehead atoms. The summed E-state index contributed by atoms with van der Waals surface area (Å²) >= 11 is 0. The van der Waals surface area contributed by atoms with Crippen LogP contribution in [0.4, 0.5) is 22.7 Å². The van der Waals surface area contributed by atoms with E-state index >= 15 is 0 Å². The van der Waals surface area contributed by atoms with Crippen molar-refractivity contribution >= 4 is 22.7 Å². The van der Waals surface area contributed by atoms with Crippen molar-refractivity contribution in [3.8, 4) is 0 Å². The fraction of sp³-hybridized carbons (Fsp3) is 0.368. The minimum Gasteiger partial charge on any atom is -0.394 e. The highest BCUT2D eigenvalue weighted by Gasteiger charge is 2.15. The standard InChI is InChI=1S/C19H24N4O3/c1-3-13-22(17(4-2)14-24)18-9-5-15(6-10-18)20-21-16-7-11-19(12-8-16)23(25)26/h5-12,17,24H,3-4,13-14H2,1-2H3. The predicted molar refractivity (Wildman–Crippen MR) is 103 cm³/mol. The highest BCUT2D eigenvalue weighted by atomic mass is 16.6. The van der Waals surface area contributed by atoms with Gasteiger partial charge < -0.3 is 10.0 Å². The van der Waals surface area contributed by atoms with Gasteiger partial charge in [-0.3, -0.25) is 10.1 Å². The first kappa shape index (κ1) is 19.5. The summed E-state index contributed by atoms with van der Waals surface area (Å²) in [5.41, 5.74) is 2.32. The Labute approximate surface area is 153 Å². The number of hydrogen-bond acceptors (Lipinski definition) is 6. The minimum absolute atomic E-state index is 0.0266. The number of azo groups is 1. The van der Waals surface area contributed by atoms with Gasteiger partial charge in [0.1, 0.15) is 0 Å². The van der Waals surface area contributed by atoms with Crippen LogP contribution in [0.1, 0.15) is 26.7 Å². The summed E-state index contributed by atoms with van der Waals surface area (Å²) in [6.07, 6.45) is 1.87.